The number of nitrogens with one attached hydrogen (secondary N) is 1. The molecule has 0 radical (unpaired) electrons. The third-order valence-electron chi connectivity index (χ3n) is 4.89. The van der Waals surface area contributed by atoms with Gasteiger partial charge >= 0.3 is 0 Å². The van der Waals surface area contributed by atoms with Crippen LogP contribution >= 0.6 is 0 Å². The van der Waals surface area contributed by atoms with E-state index in [4.69, 9.17) is 4.74 Å². The number of sulfonamides is 1. The highest BCUT2D eigenvalue weighted by atomic mass is 32.2. The van der Waals surface area contributed by atoms with E-state index in [-0.39, 0.29) is 11.7 Å². The van der Waals surface area contributed by atoms with Crippen LogP contribution in [0.2, 0.25) is 0 Å². The number of methoxy groups -OCH3 is 1. The predicted molar refractivity (Wildman–Crippen MR) is 107 cm³/mol. The van der Waals surface area contributed by atoms with Gasteiger partial charge in [0.15, 0.2) is 0 Å². The summed E-state index contributed by atoms with van der Waals surface area (Å²) in [6.45, 7) is 1.94. The number of benzene rings is 1. The second-order valence-electron chi connectivity index (χ2n) is 7.03. The lowest BCUT2D eigenvalue weighted by molar-refractivity contribution is -0.121. The quantitative estimate of drug-likeness (QED) is 0.584. The van der Waals surface area contributed by atoms with Crippen molar-refractivity contribution >= 4 is 15.9 Å². The number of hydrogen-bond acceptors (Lipinski definition) is 4. The van der Waals surface area contributed by atoms with Crippen molar-refractivity contribution in [2.24, 2.45) is 0 Å². The number of hydrogen-bond donors (Lipinski definition) is 1. The minimum absolute atomic E-state index is 0.0000939. The smallest absolute Gasteiger partial charge is 0.219 e. The first kappa shape index (κ1) is 21.7. The molecule has 0 saturated carbocycles. The first-order valence-electron chi connectivity index (χ1n) is 9.89. The summed E-state index contributed by atoms with van der Waals surface area (Å²) in [4.78, 5) is 11.9. The molecular formula is C20H32N2O4S. The van der Waals surface area contributed by atoms with E-state index < -0.39 is 10.0 Å². The SMILES string of the molecule is COc1ccc(CCCNC(=O)CCCCS(=O)(=O)N2CCCCC2)cc1. The number of carbonyl (C=O) groups excluding carboxylic acids is 1. The Balaban J connectivity index is 1.54. The number of amides is 1. The molecule has 6 nitrogen and oxygen atoms in total. The van der Waals surface area contributed by atoms with Crippen LogP contribution in [0.25, 0.3) is 0 Å². The Morgan fingerprint density at radius 1 is 1.07 bits per heavy atom. The minimum atomic E-state index is -3.15. The zero-order valence-corrected chi connectivity index (χ0v) is 17.1. The molecule has 1 N–H and O–H groups in total. The molecule has 1 aliphatic rings. The number of aryl methyl sites for hydroxylation is 1. The monoisotopic (exact) mass is 396 g/mol. The summed E-state index contributed by atoms with van der Waals surface area (Å²) in [6, 6.07) is 7.94. The fourth-order valence-corrected chi connectivity index (χ4v) is 4.88. The van der Waals surface area contributed by atoms with Crippen molar-refractivity contribution in [1.82, 2.24) is 9.62 Å². The van der Waals surface area contributed by atoms with Gasteiger partial charge in [-0.3, -0.25) is 4.79 Å². The van der Waals surface area contributed by atoms with E-state index in [0.29, 0.717) is 38.9 Å². The Labute approximate surface area is 163 Å². The zero-order chi connectivity index (χ0) is 19.5. The Morgan fingerprint density at radius 3 is 2.44 bits per heavy atom. The minimum Gasteiger partial charge on any atom is -0.497 e. The fourth-order valence-electron chi connectivity index (χ4n) is 3.24. The maximum absolute atomic E-state index is 12.2. The van der Waals surface area contributed by atoms with Crippen LogP contribution < -0.4 is 10.1 Å². The van der Waals surface area contributed by atoms with Gasteiger partial charge in [0.2, 0.25) is 15.9 Å². The molecule has 0 bridgehead atoms. The van der Waals surface area contributed by atoms with Crippen LogP contribution in [0, 0.1) is 0 Å². The topological polar surface area (TPSA) is 75.7 Å². The molecule has 1 aromatic carbocycles. The van der Waals surface area contributed by atoms with E-state index >= 15 is 0 Å². The van der Waals surface area contributed by atoms with Crippen molar-refractivity contribution in [2.45, 2.75) is 51.4 Å². The van der Waals surface area contributed by atoms with Gasteiger partial charge in [0.1, 0.15) is 5.75 Å². The van der Waals surface area contributed by atoms with Crippen molar-refractivity contribution in [3.8, 4) is 5.75 Å². The average molecular weight is 397 g/mol. The Bertz CT molecular complexity index is 668. The summed E-state index contributed by atoms with van der Waals surface area (Å²) in [5.41, 5.74) is 1.22. The number of rotatable bonds is 11. The first-order chi connectivity index (χ1) is 13.0. The molecule has 2 rings (SSSR count). The van der Waals surface area contributed by atoms with Crippen LogP contribution in [0.1, 0.15) is 50.5 Å². The lowest BCUT2D eigenvalue weighted by Crippen LogP contribution is -2.37. The van der Waals surface area contributed by atoms with Crippen molar-refractivity contribution in [3.05, 3.63) is 29.8 Å². The largest absolute Gasteiger partial charge is 0.497 e. The van der Waals surface area contributed by atoms with E-state index in [1.165, 1.54) is 5.56 Å². The standard InChI is InChI=1S/C20H32N2O4S/c1-26-19-12-10-18(11-13-19)8-7-14-21-20(23)9-3-6-17-27(24,25)22-15-4-2-5-16-22/h10-13H,2-9,14-17H2,1H3,(H,21,23). The molecule has 1 aromatic rings. The third-order valence-corrected chi connectivity index (χ3v) is 6.84. The first-order valence-corrected chi connectivity index (χ1v) is 11.5. The molecule has 1 heterocycles. The molecule has 7 heteroatoms. The van der Waals surface area contributed by atoms with Crippen LogP contribution in [-0.4, -0.2) is 51.1 Å². The van der Waals surface area contributed by atoms with Crippen molar-refractivity contribution in [1.29, 1.82) is 0 Å². The molecule has 1 saturated heterocycles. The van der Waals surface area contributed by atoms with E-state index in [1.54, 1.807) is 11.4 Å². The molecule has 1 amide bonds. The molecule has 27 heavy (non-hydrogen) atoms. The molecule has 0 aliphatic carbocycles. The van der Waals surface area contributed by atoms with Gasteiger partial charge in [-0.1, -0.05) is 18.6 Å². The number of piperidine rings is 1. The van der Waals surface area contributed by atoms with Crippen molar-refractivity contribution < 1.29 is 17.9 Å². The molecule has 0 unspecified atom stereocenters. The maximum atomic E-state index is 12.2. The van der Waals surface area contributed by atoms with Crippen LogP contribution in [0.5, 0.6) is 5.75 Å². The summed E-state index contributed by atoms with van der Waals surface area (Å²) < 4.78 is 31.2. The highest BCUT2D eigenvalue weighted by molar-refractivity contribution is 7.89. The summed E-state index contributed by atoms with van der Waals surface area (Å²) in [7, 11) is -1.50. The van der Waals surface area contributed by atoms with E-state index in [1.807, 2.05) is 24.3 Å². The van der Waals surface area contributed by atoms with Gasteiger partial charge in [0, 0.05) is 26.1 Å². The van der Waals surface area contributed by atoms with Crippen LogP contribution in [0.3, 0.4) is 0 Å². The highest BCUT2D eigenvalue weighted by Gasteiger charge is 2.23. The predicted octanol–water partition coefficient (Wildman–Crippen LogP) is 2.73. The number of nitrogens with zero attached hydrogens (tertiary/aromatic N) is 1. The van der Waals surface area contributed by atoms with Gasteiger partial charge in [-0.2, -0.15) is 0 Å². The third kappa shape index (κ3) is 7.89. The Hall–Kier alpha value is -1.60. The summed E-state index contributed by atoms with van der Waals surface area (Å²) in [6.07, 6.45) is 6.34. The summed E-state index contributed by atoms with van der Waals surface area (Å²) >= 11 is 0. The number of unbranched alkanes of at least 4 members (excludes halogenated alkanes) is 1. The molecule has 152 valence electrons. The lowest BCUT2D eigenvalue weighted by Gasteiger charge is -2.25. The zero-order valence-electron chi connectivity index (χ0n) is 16.3. The molecular weight excluding hydrogens is 364 g/mol. The molecule has 0 spiro atoms. The highest BCUT2D eigenvalue weighted by Crippen LogP contribution is 2.15. The van der Waals surface area contributed by atoms with Gasteiger partial charge in [-0.25, -0.2) is 12.7 Å². The number of carbonyl (C=O) groups is 1. The van der Waals surface area contributed by atoms with Gasteiger partial charge in [0.05, 0.1) is 12.9 Å². The van der Waals surface area contributed by atoms with Crippen molar-refractivity contribution in [2.75, 3.05) is 32.5 Å². The molecule has 0 atom stereocenters. The molecule has 1 aliphatic heterocycles. The van der Waals surface area contributed by atoms with Crippen LogP contribution in [-0.2, 0) is 21.2 Å². The lowest BCUT2D eigenvalue weighted by atomic mass is 10.1. The van der Waals surface area contributed by atoms with Crippen molar-refractivity contribution in [3.63, 3.8) is 0 Å². The van der Waals surface area contributed by atoms with Crippen LogP contribution in [0.15, 0.2) is 24.3 Å². The van der Waals surface area contributed by atoms with Gasteiger partial charge in [0.25, 0.3) is 0 Å². The summed E-state index contributed by atoms with van der Waals surface area (Å²) in [5, 5.41) is 2.91. The number of ether oxygens (including phenoxy) is 1. The van der Waals surface area contributed by atoms with Crippen LogP contribution in [0.4, 0.5) is 0 Å². The second-order valence-corrected chi connectivity index (χ2v) is 9.12. The summed E-state index contributed by atoms with van der Waals surface area (Å²) in [5.74, 6) is 0.993. The molecule has 0 aromatic heterocycles. The average Bonchev–Trinajstić information content (AvgIpc) is 2.70. The van der Waals surface area contributed by atoms with E-state index in [0.717, 1.165) is 37.9 Å². The Kier molecular flexibility index (Phi) is 9.07. The molecule has 1 fully saturated rings. The van der Waals surface area contributed by atoms with Gasteiger partial charge < -0.3 is 10.1 Å². The van der Waals surface area contributed by atoms with E-state index in [2.05, 4.69) is 5.32 Å². The van der Waals surface area contributed by atoms with Gasteiger partial charge in [-0.05, 0) is 56.2 Å². The maximum Gasteiger partial charge on any atom is 0.219 e. The second kappa shape index (κ2) is 11.3. The van der Waals surface area contributed by atoms with E-state index in [9.17, 15) is 13.2 Å². The fraction of sp³-hybridized carbons (Fsp3) is 0.650. The normalized spacial score (nSPS) is 15.4. The Morgan fingerprint density at radius 2 is 1.78 bits per heavy atom. The van der Waals surface area contributed by atoms with Gasteiger partial charge in [-0.15, -0.1) is 0 Å².